The Morgan fingerprint density at radius 2 is 1.78 bits per heavy atom. The average Bonchev–Trinajstić information content (AvgIpc) is 2.57. The van der Waals surface area contributed by atoms with Gasteiger partial charge in [-0.1, -0.05) is 53.5 Å². The van der Waals surface area contributed by atoms with Crippen LogP contribution in [0.25, 0.3) is 5.57 Å². The first-order valence-electron chi connectivity index (χ1n) is 7.48. The SMILES string of the molecule is C/C=C(/C(=O)O)c1ccccc1COc1cc(Cl)c(OC(F)(F)F)c(Cl)c1. The number of carboxylic acid groups (broad SMARTS) is 1. The highest BCUT2D eigenvalue weighted by atomic mass is 35.5. The zero-order chi connectivity index (χ0) is 20.2. The molecule has 0 radical (unpaired) electrons. The molecule has 0 bridgehead atoms. The van der Waals surface area contributed by atoms with Gasteiger partial charge < -0.3 is 14.6 Å². The van der Waals surface area contributed by atoms with Gasteiger partial charge in [-0.2, -0.15) is 0 Å². The maximum absolute atomic E-state index is 12.4. The third kappa shape index (κ3) is 5.55. The second-order valence-electron chi connectivity index (χ2n) is 5.22. The van der Waals surface area contributed by atoms with E-state index in [0.717, 1.165) is 12.1 Å². The van der Waals surface area contributed by atoms with Crippen molar-refractivity contribution in [2.45, 2.75) is 19.9 Å². The molecule has 0 aromatic heterocycles. The van der Waals surface area contributed by atoms with Crippen molar-refractivity contribution in [3.8, 4) is 11.5 Å². The Hall–Kier alpha value is -2.38. The smallest absolute Gasteiger partial charge is 0.489 e. The number of benzene rings is 2. The van der Waals surface area contributed by atoms with Crippen molar-refractivity contribution in [1.82, 2.24) is 0 Å². The second kappa shape index (κ2) is 8.54. The normalized spacial score (nSPS) is 12.0. The van der Waals surface area contributed by atoms with E-state index < -0.39 is 18.1 Å². The fourth-order valence-electron chi connectivity index (χ4n) is 2.30. The highest BCUT2D eigenvalue weighted by Gasteiger charge is 2.33. The molecule has 0 aliphatic rings. The average molecular weight is 421 g/mol. The van der Waals surface area contributed by atoms with Crippen molar-refractivity contribution in [2.75, 3.05) is 0 Å². The van der Waals surface area contributed by atoms with E-state index >= 15 is 0 Å². The Morgan fingerprint density at radius 3 is 2.30 bits per heavy atom. The van der Waals surface area contributed by atoms with E-state index in [0.29, 0.717) is 11.1 Å². The number of allylic oxidation sites excluding steroid dienone is 1. The van der Waals surface area contributed by atoms with Crippen LogP contribution in [-0.4, -0.2) is 17.4 Å². The summed E-state index contributed by atoms with van der Waals surface area (Å²) in [4.78, 5) is 11.3. The van der Waals surface area contributed by atoms with Crippen LogP contribution in [0.1, 0.15) is 18.1 Å². The van der Waals surface area contributed by atoms with E-state index in [1.807, 2.05) is 0 Å². The molecule has 0 aliphatic carbocycles. The molecule has 144 valence electrons. The van der Waals surface area contributed by atoms with Gasteiger partial charge in [0.2, 0.25) is 0 Å². The molecule has 0 spiro atoms. The molecule has 1 N–H and O–H groups in total. The standard InChI is InChI=1S/C18H13Cl2F3O4/c1-2-12(17(24)25)13-6-4-3-5-10(13)9-26-11-7-14(19)16(15(20)8-11)27-18(21,22)23/h2-8H,9H2,1H3,(H,24,25)/b12-2+. The predicted molar refractivity (Wildman–Crippen MR) is 95.2 cm³/mol. The topological polar surface area (TPSA) is 55.8 Å². The van der Waals surface area contributed by atoms with Crippen LogP contribution in [0, 0.1) is 0 Å². The van der Waals surface area contributed by atoms with Gasteiger partial charge in [-0.3, -0.25) is 0 Å². The number of ether oxygens (including phenoxy) is 2. The van der Waals surface area contributed by atoms with Crippen LogP contribution >= 0.6 is 23.2 Å². The van der Waals surface area contributed by atoms with Crippen molar-refractivity contribution >= 4 is 34.7 Å². The molecule has 4 nitrogen and oxygen atoms in total. The number of carbonyl (C=O) groups is 1. The van der Waals surface area contributed by atoms with Crippen LogP contribution in [0.2, 0.25) is 10.0 Å². The molecule has 0 amide bonds. The van der Waals surface area contributed by atoms with Crippen LogP contribution in [-0.2, 0) is 11.4 Å². The number of alkyl halides is 3. The van der Waals surface area contributed by atoms with Crippen molar-refractivity contribution in [1.29, 1.82) is 0 Å². The van der Waals surface area contributed by atoms with Crippen molar-refractivity contribution in [3.05, 3.63) is 63.6 Å². The number of hydrogen-bond donors (Lipinski definition) is 1. The van der Waals surface area contributed by atoms with Crippen molar-refractivity contribution < 1.29 is 32.5 Å². The predicted octanol–water partition coefficient (Wildman–Crippen LogP) is 5.96. The largest absolute Gasteiger partial charge is 0.573 e. The van der Waals surface area contributed by atoms with Crippen LogP contribution in [0.3, 0.4) is 0 Å². The zero-order valence-corrected chi connectivity index (χ0v) is 15.3. The lowest BCUT2D eigenvalue weighted by atomic mass is 10.00. The minimum atomic E-state index is -4.94. The van der Waals surface area contributed by atoms with E-state index in [1.165, 1.54) is 6.08 Å². The Bertz CT molecular complexity index is 856. The van der Waals surface area contributed by atoms with Crippen LogP contribution in [0.15, 0.2) is 42.5 Å². The van der Waals surface area contributed by atoms with Gasteiger partial charge >= 0.3 is 12.3 Å². The molecule has 0 atom stereocenters. The lowest BCUT2D eigenvalue weighted by Gasteiger charge is -2.15. The molecule has 9 heteroatoms. The van der Waals surface area contributed by atoms with E-state index in [1.54, 1.807) is 31.2 Å². The molecule has 2 aromatic carbocycles. The number of carboxylic acids is 1. The van der Waals surface area contributed by atoms with Gasteiger partial charge in [-0.15, -0.1) is 13.2 Å². The van der Waals surface area contributed by atoms with Crippen LogP contribution in [0.5, 0.6) is 11.5 Å². The highest BCUT2D eigenvalue weighted by molar-refractivity contribution is 6.37. The van der Waals surface area contributed by atoms with Gasteiger partial charge in [0.05, 0.1) is 15.6 Å². The molecule has 2 aromatic rings. The quantitative estimate of drug-likeness (QED) is 0.585. The number of aliphatic carboxylic acids is 1. The molecule has 2 rings (SSSR count). The molecule has 0 heterocycles. The molecule has 0 aliphatic heterocycles. The van der Waals surface area contributed by atoms with Gasteiger partial charge in [0.1, 0.15) is 12.4 Å². The first-order chi connectivity index (χ1) is 12.6. The summed E-state index contributed by atoms with van der Waals surface area (Å²) in [5.74, 6) is -1.71. The Balaban J connectivity index is 2.25. The van der Waals surface area contributed by atoms with E-state index in [9.17, 15) is 23.1 Å². The molecule has 0 saturated carbocycles. The van der Waals surface area contributed by atoms with Gasteiger partial charge in [0.25, 0.3) is 0 Å². The fraction of sp³-hybridized carbons (Fsp3) is 0.167. The number of halogens is 5. The molecular formula is C18H13Cl2F3O4. The summed E-state index contributed by atoms with van der Waals surface area (Å²) < 4.78 is 46.4. The van der Waals surface area contributed by atoms with Gasteiger partial charge in [-0.05, 0) is 18.1 Å². The van der Waals surface area contributed by atoms with Gasteiger partial charge in [0, 0.05) is 12.1 Å². The first-order valence-corrected chi connectivity index (χ1v) is 8.23. The lowest BCUT2D eigenvalue weighted by molar-refractivity contribution is -0.274. The van der Waals surface area contributed by atoms with Crippen molar-refractivity contribution in [2.24, 2.45) is 0 Å². The zero-order valence-electron chi connectivity index (χ0n) is 13.8. The Kier molecular flexibility index (Phi) is 6.62. The molecule has 0 unspecified atom stereocenters. The fourth-order valence-corrected chi connectivity index (χ4v) is 2.84. The van der Waals surface area contributed by atoms with Crippen LogP contribution < -0.4 is 9.47 Å². The number of hydrogen-bond acceptors (Lipinski definition) is 3. The third-order valence-electron chi connectivity index (χ3n) is 3.41. The van der Waals surface area contributed by atoms with E-state index in [4.69, 9.17) is 27.9 Å². The summed E-state index contributed by atoms with van der Waals surface area (Å²) in [6, 6.07) is 8.95. The maximum atomic E-state index is 12.4. The first kappa shape index (κ1) is 20.9. The monoisotopic (exact) mass is 420 g/mol. The molecular weight excluding hydrogens is 408 g/mol. The minimum Gasteiger partial charge on any atom is -0.489 e. The molecule has 0 saturated heterocycles. The third-order valence-corrected chi connectivity index (χ3v) is 3.97. The second-order valence-corrected chi connectivity index (χ2v) is 6.03. The molecule has 0 fully saturated rings. The summed E-state index contributed by atoms with van der Waals surface area (Å²) >= 11 is 11.6. The van der Waals surface area contributed by atoms with E-state index in [-0.39, 0.29) is 28.0 Å². The van der Waals surface area contributed by atoms with Gasteiger partial charge in [-0.25, -0.2) is 4.79 Å². The minimum absolute atomic E-state index is 0.0487. The van der Waals surface area contributed by atoms with Gasteiger partial charge in [0.15, 0.2) is 5.75 Å². The Labute approximate surface area is 162 Å². The summed E-state index contributed by atoms with van der Waals surface area (Å²) in [6.07, 6.45) is -3.48. The lowest BCUT2D eigenvalue weighted by Crippen LogP contribution is -2.17. The maximum Gasteiger partial charge on any atom is 0.573 e. The van der Waals surface area contributed by atoms with E-state index in [2.05, 4.69) is 4.74 Å². The highest BCUT2D eigenvalue weighted by Crippen LogP contribution is 2.40. The van der Waals surface area contributed by atoms with Crippen LogP contribution in [0.4, 0.5) is 13.2 Å². The summed E-state index contributed by atoms with van der Waals surface area (Å²) in [6.45, 7) is 1.55. The summed E-state index contributed by atoms with van der Waals surface area (Å²) in [5, 5.41) is 8.54. The number of rotatable bonds is 6. The Morgan fingerprint density at radius 1 is 1.19 bits per heavy atom. The summed E-state index contributed by atoms with van der Waals surface area (Å²) in [5.41, 5.74) is 1.12. The summed E-state index contributed by atoms with van der Waals surface area (Å²) in [7, 11) is 0. The molecule has 27 heavy (non-hydrogen) atoms. The van der Waals surface area contributed by atoms with Crippen molar-refractivity contribution in [3.63, 3.8) is 0 Å².